The van der Waals surface area contributed by atoms with Crippen molar-refractivity contribution in [1.29, 1.82) is 0 Å². The van der Waals surface area contributed by atoms with Gasteiger partial charge >= 0.3 is 5.97 Å². The lowest BCUT2D eigenvalue weighted by molar-refractivity contribution is -0.141. The third-order valence-electron chi connectivity index (χ3n) is 11.2. The molecule has 6 amide bonds. The second kappa shape index (κ2) is 26.3. The first-order chi connectivity index (χ1) is 31.9. The minimum absolute atomic E-state index is 0.0113. The fraction of sp³-hybridized carbons (Fsp3) is 0.396. The highest BCUT2D eigenvalue weighted by Crippen LogP contribution is 2.21. The van der Waals surface area contributed by atoms with Crippen LogP contribution in [0.1, 0.15) is 68.1 Å². The van der Waals surface area contributed by atoms with Crippen LogP contribution in [-0.2, 0) is 52.8 Å². The zero-order chi connectivity index (χ0) is 47.3. The lowest BCUT2D eigenvalue weighted by atomic mass is 10.0. The lowest BCUT2D eigenvalue weighted by Crippen LogP contribution is -2.56. The van der Waals surface area contributed by atoms with Crippen molar-refractivity contribution in [3.05, 3.63) is 108 Å². The van der Waals surface area contributed by atoms with E-state index in [2.05, 4.69) is 54.5 Å². The highest BCUT2D eigenvalue weighted by Gasteiger charge is 2.30. The number of unbranched alkanes of at least 4 members (excludes halogenated alkanes) is 4. The van der Waals surface area contributed by atoms with Gasteiger partial charge in [-0.05, 0) is 73.2 Å². The molecule has 0 aliphatic carbocycles. The molecule has 2 heterocycles. The fourth-order valence-corrected chi connectivity index (χ4v) is 7.91. The molecular formula is C48H61N9O8S. The summed E-state index contributed by atoms with van der Waals surface area (Å²) in [6.07, 6.45) is 8.84. The summed E-state index contributed by atoms with van der Waals surface area (Å²) in [6, 6.07) is 19.6. The SMILES string of the molecule is NCCCCCCCC(=O)N[C@@H](Cc1ccccc1)C(=O)NCC(=O)N[C@@H](CCc1c[nH]c2ccccc12)C(=O)N[C@@H](Cc1c[nH]c2ccccc12)C(=O)NCC(=O)N[C@@H](CCS)C(=O)O. The van der Waals surface area contributed by atoms with E-state index in [-0.39, 0.29) is 43.8 Å². The molecule has 0 saturated heterocycles. The Morgan fingerprint density at radius 1 is 0.561 bits per heavy atom. The molecule has 11 N–H and O–H groups in total. The minimum Gasteiger partial charge on any atom is -0.480 e. The maximum atomic E-state index is 14.4. The number of rotatable bonds is 28. The standard InChI is InChI=1S/C48H61N9O8S/c49-23-12-3-1-2-7-19-42(58)56-40(25-31-13-5-4-6-14-31)45(61)52-29-43(59)54-38(21-20-32-27-50-36-17-10-8-15-34(32)36)47(63)57-41(26-33-28-51-37-18-11-9-16-35(33)37)46(62)53-30-44(60)55-39(22-24-66)48(64)65/h4-6,8-11,13-18,27-28,38-41,50-51,66H,1-3,7,12,19-26,29-30,49H2,(H,52,61)(H,53,62)(H,54,59)(H,55,60)(H,56,58)(H,57,63)(H,64,65)/t38-,39-,40-,41-/m0/s1. The molecule has 0 unspecified atom stereocenters. The number of para-hydroxylation sites is 2. The van der Waals surface area contributed by atoms with Gasteiger partial charge in [0.1, 0.15) is 24.2 Å². The van der Waals surface area contributed by atoms with Crippen molar-refractivity contribution < 1.29 is 38.7 Å². The molecule has 0 saturated carbocycles. The Labute approximate surface area is 389 Å². The number of nitrogens with one attached hydrogen (secondary N) is 8. The van der Waals surface area contributed by atoms with Gasteiger partial charge in [0, 0.05) is 53.5 Å². The van der Waals surface area contributed by atoms with E-state index in [1.807, 2.05) is 85.1 Å². The Bertz CT molecular complexity index is 2400. The summed E-state index contributed by atoms with van der Waals surface area (Å²) < 4.78 is 0. The van der Waals surface area contributed by atoms with E-state index < -0.39 is 72.8 Å². The van der Waals surface area contributed by atoms with Crippen LogP contribution < -0.4 is 37.6 Å². The fourth-order valence-electron chi connectivity index (χ4n) is 7.65. The quantitative estimate of drug-likeness (QED) is 0.0260. The van der Waals surface area contributed by atoms with Crippen molar-refractivity contribution in [1.82, 2.24) is 41.9 Å². The maximum Gasteiger partial charge on any atom is 0.326 e. The summed E-state index contributed by atoms with van der Waals surface area (Å²) in [5, 5.41) is 27.1. The van der Waals surface area contributed by atoms with Gasteiger partial charge in [0.05, 0.1) is 13.1 Å². The summed E-state index contributed by atoms with van der Waals surface area (Å²) in [5.74, 6) is -4.77. The van der Waals surface area contributed by atoms with E-state index in [1.54, 1.807) is 6.20 Å². The number of carbonyl (C=O) groups excluding carboxylic acids is 6. The summed E-state index contributed by atoms with van der Waals surface area (Å²) >= 11 is 4.06. The minimum atomic E-state index is -1.25. The Morgan fingerprint density at radius 3 is 1.71 bits per heavy atom. The van der Waals surface area contributed by atoms with Gasteiger partial charge in [0.2, 0.25) is 35.4 Å². The summed E-state index contributed by atoms with van der Waals surface area (Å²) in [7, 11) is 0. The molecule has 0 radical (unpaired) electrons. The van der Waals surface area contributed by atoms with E-state index in [4.69, 9.17) is 5.73 Å². The molecule has 5 aromatic rings. The highest BCUT2D eigenvalue weighted by atomic mass is 32.1. The molecule has 352 valence electrons. The van der Waals surface area contributed by atoms with Crippen LogP contribution in [0.5, 0.6) is 0 Å². The van der Waals surface area contributed by atoms with Crippen molar-refractivity contribution in [3.63, 3.8) is 0 Å². The summed E-state index contributed by atoms with van der Waals surface area (Å²) in [6.45, 7) is -0.465. The molecule has 0 aliphatic heterocycles. The molecule has 17 nitrogen and oxygen atoms in total. The Morgan fingerprint density at radius 2 is 1.09 bits per heavy atom. The predicted molar refractivity (Wildman–Crippen MR) is 255 cm³/mol. The summed E-state index contributed by atoms with van der Waals surface area (Å²) in [5.41, 5.74) is 9.66. The number of hydrogen-bond acceptors (Lipinski definition) is 9. The number of aliphatic carboxylic acids is 1. The normalized spacial score (nSPS) is 12.9. The number of nitrogens with two attached hydrogens (primary N) is 1. The van der Waals surface area contributed by atoms with Crippen LogP contribution >= 0.6 is 12.6 Å². The van der Waals surface area contributed by atoms with Gasteiger partial charge in [-0.1, -0.05) is 86.0 Å². The Balaban J connectivity index is 1.31. The molecule has 2 aromatic heterocycles. The van der Waals surface area contributed by atoms with Crippen LogP contribution in [-0.4, -0.2) is 106 Å². The molecule has 66 heavy (non-hydrogen) atoms. The van der Waals surface area contributed by atoms with E-state index in [1.165, 1.54) is 0 Å². The number of aromatic nitrogens is 2. The number of fused-ring (bicyclic) bond motifs is 2. The van der Waals surface area contributed by atoms with Crippen LogP contribution in [0.2, 0.25) is 0 Å². The predicted octanol–water partition coefficient (Wildman–Crippen LogP) is 2.94. The number of H-pyrrole nitrogens is 2. The van der Waals surface area contributed by atoms with Crippen LogP contribution in [0.25, 0.3) is 21.8 Å². The largest absolute Gasteiger partial charge is 0.480 e. The molecule has 5 rings (SSSR count). The first kappa shape index (κ1) is 50.3. The number of carboxylic acid groups (broad SMARTS) is 1. The van der Waals surface area contributed by atoms with E-state index in [0.29, 0.717) is 24.9 Å². The average molecular weight is 924 g/mol. The zero-order valence-corrected chi connectivity index (χ0v) is 37.8. The van der Waals surface area contributed by atoms with Crippen molar-refractivity contribution in [2.75, 3.05) is 25.4 Å². The molecule has 3 aromatic carbocycles. The number of carbonyl (C=O) groups is 7. The van der Waals surface area contributed by atoms with Gasteiger partial charge in [-0.15, -0.1) is 0 Å². The Kier molecular flexibility index (Phi) is 20.1. The zero-order valence-electron chi connectivity index (χ0n) is 36.9. The second-order valence-electron chi connectivity index (χ2n) is 16.2. The first-order valence-corrected chi connectivity index (χ1v) is 23.0. The van der Waals surface area contributed by atoms with E-state index in [0.717, 1.165) is 58.6 Å². The number of thiol groups is 1. The molecule has 0 aliphatic rings. The molecule has 0 spiro atoms. The van der Waals surface area contributed by atoms with Crippen molar-refractivity contribution >= 4 is 75.8 Å². The third kappa shape index (κ3) is 15.8. The smallest absolute Gasteiger partial charge is 0.326 e. The number of hydrogen-bond donors (Lipinski definition) is 11. The molecule has 4 atom stereocenters. The molecule has 0 bridgehead atoms. The number of aryl methyl sites for hydroxylation is 1. The molecule has 18 heteroatoms. The van der Waals surface area contributed by atoms with Crippen molar-refractivity contribution in [2.24, 2.45) is 5.73 Å². The first-order valence-electron chi connectivity index (χ1n) is 22.4. The highest BCUT2D eigenvalue weighted by molar-refractivity contribution is 7.80. The van der Waals surface area contributed by atoms with Crippen LogP contribution in [0.4, 0.5) is 0 Å². The van der Waals surface area contributed by atoms with Crippen molar-refractivity contribution in [2.45, 2.75) is 94.8 Å². The lowest BCUT2D eigenvalue weighted by Gasteiger charge is -2.24. The van der Waals surface area contributed by atoms with Gasteiger partial charge in [-0.3, -0.25) is 28.8 Å². The average Bonchev–Trinajstić information content (AvgIpc) is 3.93. The van der Waals surface area contributed by atoms with Crippen molar-refractivity contribution in [3.8, 4) is 0 Å². The third-order valence-corrected chi connectivity index (χ3v) is 11.5. The van der Waals surface area contributed by atoms with Crippen LogP contribution in [0, 0.1) is 0 Å². The monoisotopic (exact) mass is 923 g/mol. The van der Waals surface area contributed by atoms with Gasteiger partial charge in [-0.2, -0.15) is 12.6 Å². The topological polar surface area (TPSA) is 269 Å². The number of carboxylic acids is 1. The van der Waals surface area contributed by atoms with Gasteiger partial charge in [-0.25, -0.2) is 4.79 Å². The number of aromatic amines is 2. The van der Waals surface area contributed by atoms with Crippen LogP contribution in [0.15, 0.2) is 91.3 Å². The van der Waals surface area contributed by atoms with Crippen LogP contribution in [0.3, 0.4) is 0 Å². The molecular weight excluding hydrogens is 863 g/mol. The number of amides is 6. The van der Waals surface area contributed by atoms with Gasteiger partial charge < -0.3 is 52.7 Å². The number of benzene rings is 3. The second-order valence-corrected chi connectivity index (χ2v) is 16.6. The van der Waals surface area contributed by atoms with E-state index >= 15 is 0 Å². The van der Waals surface area contributed by atoms with Gasteiger partial charge in [0.15, 0.2) is 0 Å². The molecule has 0 fully saturated rings. The van der Waals surface area contributed by atoms with E-state index in [9.17, 15) is 38.7 Å². The van der Waals surface area contributed by atoms with Gasteiger partial charge in [0.25, 0.3) is 0 Å². The maximum absolute atomic E-state index is 14.4. The summed E-state index contributed by atoms with van der Waals surface area (Å²) in [4.78, 5) is 99.3. The Hall–Kier alpha value is -6.66.